The number of carbonyl (C=O) groups is 1. The van der Waals surface area contributed by atoms with Crippen LogP contribution in [0.5, 0.6) is 0 Å². The monoisotopic (exact) mass is 281 g/mol. The van der Waals surface area contributed by atoms with E-state index in [1.807, 2.05) is 24.4 Å². The predicted molar refractivity (Wildman–Crippen MR) is 73.9 cm³/mol. The highest BCUT2D eigenvalue weighted by molar-refractivity contribution is 7.10. The summed E-state index contributed by atoms with van der Waals surface area (Å²) in [5.41, 5.74) is 6.29. The molecule has 1 atom stereocenters. The summed E-state index contributed by atoms with van der Waals surface area (Å²) >= 11 is 7.46. The molecule has 2 heterocycles. The van der Waals surface area contributed by atoms with E-state index in [9.17, 15) is 4.79 Å². The average molecular weight is 282 g/mol. The van der Waals surface area contributed by atoms with E-state index < -0.39 is 0 Å². The molecule has 0 saturated heterocycles. The number of amides is 1. The molecule has 2 aromatic rings. The van der Waals surface area contributed by atoms with E-state index in [0.29, 0.717) is 11.3 Å². The van der Waals surface area contributed by atoms with Crippen LogP contribution < -0.4 is 11.1 Å². The third kappa shape index (κ3) is 2.80. The van der Waals surface area contributed by atoms with Gasteiger partial charge in [0.25, 0.3) is 5.91 Å². The van der Waals surface area contributed by atoms with Crippen molar-refractivity contribution in [3.8, 4) is 0 Å². The van der Waals surface area contributed by atoms with Crippen molar-refractivity contribution in [1.82, 2.24) is 10.3 Å². The predicted octanol–water partition coefficient (Wildman–Crippen LogP) is 2.87. The largest absolute Gasteiger partial charge is 0.397 e. The van der Waals surface area contributed by atoms with Crippen LogP contribution >= 0.6 is 22.9 Å². The maximum atomic E-state index is 12.0. The Morgan fingerprint density at radius 3 is 3.06 bits per heavy atom. The van der Waals surface area contributed by atoms with E-state index >= 15 is 0 Å². The highest BCUT2D eigenvalue weighted by Crippen LogP contribution is 2.20. The number of hydrogen-bond acceptors (Lipinski definition) is 4. The van der Waals surface area contributed by atoms with Crippen molar-refractivity contribution in [3.63, 3.8) is 0 Å². The number of nitrogen functional groups attached to an aromatic ring is 1. The zero-order valence-corrected chi connectivity index (χ0v) is 11.3. The van der Waals surface area contributed by atoms with Crippen molar-refractivity contribution in [2.75, 3.05) is 5.73 Å². The first kappa shape index (κ1) is 12.9. The van der Waals surface area contributed by atoms with E-state index in [1.54, 1.807) is 11.3 Å². The van der Waals surface area contributed by atoms with Gasteiger partial charge in [0.05, 0.1) is 23.5 Å². The molecular weight excluding hydrogens is 270 g/mol. The Bertz CT molecular complexity index is 556. The van der Waals surface area contributed by atoms with E-state index in [0.717, 1.165) is 4.88 Å². The van der Waals surface area contributed by atoms with Gasteiger partial charge in [0.15, 0.2) is 0 Å². The van der Waals surface area contributed by atoms with E-state index in [-0.39, 0.29) is 17.1 Å². The maximum absolute atomic E-state index is 12.0. The van der Waals surface area contributed by atoms with Crippen LogP contribution in [-0.2, 0) is 0 Å². The van der Waals surface area contributed by atoms with E-state index in [1.165, 1.54) is 12.3 Å². The maximum Gasteiger partial charge on any atom is 0.254 e. The van der Waals surface area contributed by atoms with Gasteiger partial charge in [-0.05, 0) is 24.4 Å². The van der Waals surface area contributed by atoms with Crippen molar-refractivity contribution < 1.29 is 4.79 Å². The summed E-state index contributed by atoms with van der Waals surface area (Å²) in [6.45, 7) is 1.91. The Hall–Kier alpha value is -1.59. The number of pyridine rings is 1. The van der Waals surface area contributed by atoms with Crippen LogP contribution in [0, 0.1) is 0 Å². The zero-order chi connectivity index (χ0) is 13.1. The van der Waals surface area contributed by atoms with Crippen LogP contribution in [0.25, 0.3) is 0 Å². The van der Waals surface area contributed by atoms with Crippen LogP contribution in [0.3, 0.4) is 0 Å². The van der Waals surface area contributed by atoms with E-state index in [4.69, 9.17) is 17.3 Å². The molecule has 4 nitrogen and oxygen atoms in total. The second-order valence-corrected chi connectivity index (χ2v) is 5.15. The summed E-state index contributed by atoms with van der Waals surface area (Å²) in [6, 6.07) is 5.35. The molecule has 1 unspecified atom stereocenters. The number of anilines is 1. The van der Waals surface area contributed by atoms with E-state index in [2.05, 4.69) is 10.3 Å². The molecule has 1 amide bonds. The summed E-state index contributed by atoms with van der Waals surface area (Å²) in [6.07, 6.45) is 1.42. The van der Waals surface area contributed by atoms with Crippen LogP contribution in [0.4, 0.5) is 5.69 Å². The molecule has 0 saturated carbocycles. The molecule has 0 fully saturated rings. The highest BCUT2D eigenvalue weighted by atomic mass is 35.5. The first-order valence-corrected chi connectivity index (χ1v) is 6.59. The van der Waals surface area contributed by atoms with Crippen LogP contribution in [-0.4, -0.2) is 10.9 Å². The smallest absolute Gasteiger partial charge is 0.254 e. The fourth-order valence-electron chi connectivity index (χ4n) is 1.51. The summed E-state index contributed by atoms with van der Waals surface area (Å²) < 4.78 is 0. The normalized spacial score (nSPS) is 12.1. The lowest BCUT2D eigenvalue weighted by molar-refractivity contribution is 0.0940. The molecule has 0 aliphatic heterocycles. The van der Waals surface area contributed by atoms with Crippen molar-refractivity contribution in [2.24, 2.45) is 0 Å². The lowest BCUT2D eigenvalue weighted by atomic mass is 10.2. The van der Waals surface area contributed by atoms with Gasteiger partial charge in [0.1, 0.15) is 5.15 Å². The molecule has 0 aliphatic rings. The van der Waals surface area contributed by atoms with Crippen LogP contribution in [0.1, 0.15) is 28.2 Å². The Morgan fingerprint density at radius 2 is 2.39 bits per heavy atom. The van der Waals surface area contributed by atoms with Gasteiger partial charge < -0.3 is 11.1 Å². The third-order valence-corrected chi connectivity index (χ3v) is 3.78. The number of nitrogens with zero attached hydrogens (tertiary/aromatic N) is 1. The van der Waals surface area contributed by atoms with Gasteiger partial charge in [-0.3, -0.25) is 4.79 Å². The van der Waals surface area contributed by atoms with Crippen LogP contribution in [0.2, 0.25) is 5.15 Å². The highest BCUT2D eigenvalue weighted by Gasteiger charge is 2.15. The second-order valence-electron chi connectivity index (χ2n) is 3.82. The molecule has 0 radical (unpaired) electrons. The number of halogens is 1. The van der Waals surface area contributed by atoms with Crippen molar-refractivity contribution in [1.29, 1.82) is 0 Å². The molecule has 0 aliphatic carbocycles. The quantitative estimate of drug-likeness (QED) is 0.850. The standard InChI is InChI=1S/C12H12ClN3OS/c1-7(10-3-2-4-18-10)16-12(17)9-5-8(14)6-15-11(9)13/h2-7H,14H2,1H3,(H,16,17). The SMILES string of the molecule is CC(NC(=O)c1cc(N)cnc1Cl)c1cccs1. The first-order valence-electron chi connectivity index (χ1n) is 5.33. The van der Waals surface area contributed by atoms with Gasteiger partial charge >= 0.3 is 0 Å². The average Bonchev–Trinajstić information content (AvgIpc) is 2.85. The molecule has 3 N–H and O–H groups in total. The number of nitrogens with two attached hydrogens (primary N) is 1. The lowest BCUT2D eigenvalue weighted by Gasteiger charge is -2.12. The Morgan fingerprint density at radius 1 is 1.61 bits per heavy atom. The zero-order valence-electron chi connectivity index (χ0n) is 9.68. The number of rotatable bonds is 3. The third-order valence-electron chi connectivity index (χ3n) is 2.42. The van der Waals surface area contributed by atoms with Crippen LogP contribution in [0.15, 0.2) is 29.8 Å². The van der Waals surface area contributed by atoms with Gasteiger partial charge in [-0.25, -0.2) is 4.98 Å². The van der Waals surface area contributed by atoms with Gasteiger partial charge in [-0.15, -0.1) is 11.3 Å². The minimum absolute atomic E-state index is 0.0741. The molecule has 2 rings (SSSR count). The minimum atomic E-state index is -0.277. The number of thiophene rings is 1. The minimum Gasteiger partial charge on any atom is -0.397 e. The molecule has 18 heavy (non-hydrogen) atoms. The molecule has 0 aromatic carbocycles. The number of aromatic nitrogens is 1. The van der Waals surface area contributed by atoms with Crippen molar-refractivity contribution in [3.05, 3.63) is 45.4 Å². The molecule has 2 aromatic heterocycles. The molecule has 0 spiro atoms. The summed E-state index contributed by atoms with van der Waals surface area (Å²) in [5, 5.41) is 4.98. The van der Waals surface area contributed by atoms with Gasteiger partial charge in [-0.2, -0.15) is 0 Å². The Balaban J connectivity index is 2.15. The van der Waals surface area contributed by atoms with Crippen molar-refractivity contribution in [2.45, 2.75) is 13.0 Å². The molecule has 6 heteroatoms. The molecular formula is C12H12ClN3OS. The topological polar surface area (TPSA) is 68.0 Å². The van der Waals surface area contributed by atoms with Gasteiger partial charge in [0, 0.05) is 4.88 Å². The first-order chi connectivity index (χ1) is 8.58. The van der Waals surface area contributed by atoms with Crippen molar-refractivity contribution >= 4 is 34.5 Å². The summed E-state index contributed by atoms with van der Waals surface area (Å²) in [7, 11) is 0. The summed E-state index contributed by atoms with van der Waals surface area (Å²) in [4.78, 5) is 17.0. The lowest BCUT2D eigenvalue weighted by Crippen LogP contribution is -2.26. The fourth-order valence-corrected chi connectivity index (χ4v) is 2.43. The molecule has 94 valence electrons. The fraction of sp³-hybridized carbons (Fsp3) is 0.167. The second kappa shape index (κ2) is 5.37. The Labute approximate surface area is 114 Å². The number of nitrogens with one attached hydrogen (secondary N) is 1. The number of carbonyl (C=O) groups excluding carboxylic acids is 1. The summed E-state index contributed by atoms with van der Waals surface area (Å²) in [5.74, 6) is -0.277. The number of hydrogen-bond donors (Lipinski definition) is 2. The Kier molecular flexibility index (Phi) is 3.84. The van der Waals surface area contributed by atoms with Gasteiger partial charge in [0.2, 0.25) is 0 Å². The van der Waals surface area contributed by atoms with Gasteiger partial charge in [-0.1, -0.05) is 17.7 Å². The molecule has 0 bridgehead atoms.